The molecule has 0 heterocycles. The first-order valence-electron chi connectivity index (χ1n) is 5.45. The summed E-state index contributed by atoms with van der Waals surface area (Å²) in [5, 5.41) is 0. The van der Waals surface area contributed by atoms with E-state index in [0.717, 1.165) is 19.3 Å². The van der Waals surface area contributed by atoms with Crippen molar-refractivity contribution in [2.24, 2.45) is 17.8 Å². The van der Waals surface area contributed by atoms with Gasteiger partial charge in [-0.1, -0.05) is 0 Å². The van der Waals surface area contributed by atoms with E-state index < -0.39 is 14.9 Å². The van der Waals surface area contributed by atoms with Crippen molar-refractivity contribution in [1.82, 2.24) is 0 Å². The van der Waals surface area contributed by atoms with E-state index in [1.165, 1.54) is 19.3 Å². The molecule has 0 unspecified atom stereocenters. The fourth-order valence-corrected chi connectivity index (χ4v) is 5.69. The van der Waals surface area contributed by atoms with Gasteiger partial charge < -0.3 is 5.48 Å². The van der Waals surface area contributed by atoms with Crippen molar-refractivity contribution < 1.29 is 18.4 Å². The molecule has 4 aliphatic rings. The summed E-state index contributed by atoms with van der Waals surface area (Å²) >= 11 is 0. The van der Waals surface area contributed by atoms with Gasteiger partial charge in [0.05, 0.1) is 4.75 Å². The SMILES string of the molecule is O.O=S(=O)(O)C12CC3CC(CC(C3)C1)C2. The third-order valence-electron chi connectivity index (χ3n) is 4.53. The van der Waals surface area contributed by atoms with E-state index in [9.17, 15) is 13.0 Å². The van der Waals surface area contributed by atoms with Crippen LogP contribution in [0, 0.1) is 17.8 Å². The van der Waals surface area contributed by atoms with Crippen LogP contribution in [0.2, 0.25) is 0 Å². The van der Waals surface area contributed by atoms with Gasteiger partial charge in [0.25, 0.3) is 10.1 Å². The summed E-state index contributed by atoms with van der Waals surface area (Å²) in [6.07, 6.45) is 5.77. The molecular weight excluding hydrogens is 216 g/mol. The lowest BCUT2D eigenvalue weighted by Gasteiger charge is -2.54. The van der Waals surface area contributed by atoms with Crippen molar-refractivity contribution in [2.75, 3.05) is 0 Å². The third-order valence-corrected chi connectivity index (χ3v) is 6.12. The zero-order chi connectivity index (χ0) is 9.97. The molecule has 15 heavy (non-hydrogen) atoms. The molecule has 5 heteroatoms. The normalized spacial score (nSPS) is 47.7. The Kier molecular flexibility index (Phi) is 2.41. The Hall–Kier alpha value is -0.130. The molecule has 0 spiro atoms. The van der Waals surface area contributed by atoms with Crippen molar-refractivity contribution >= 4 is 10.1 Å². The van der Waals surface area contributed by atoms with Gasteiger partial charge in [0.1, 0.15) is 0 Å². The second kappa shape index (κ2) is 3.18. The maximum Gasteiger partial charge on any atom is 0.270 e. The van der Waals surface area contributed by atoms with E-state index in [2.05, 4.69) is 0 Å². The molecule has 0 aliphatic heterocycles. The molecule has 0 amide bonds. The molecule has 4 saturated carbocycles. The van der Waals surface area contributed by atoms with Crippen LogP contribution in [0.3, 0.4) is 0 Å². The fraction of sp³-hybridized carbons (Fsp3) is 1.00. The van der Waals surface area contributed by atoms with E-state index in [0.29, 0.717) is 17.8 Å². The zero-order valence-corrected chi connectivity index (χ0v) is 9.46. The highest BCUT2D eigenvalue weighted by molar-refractivity contribution is 7.87. The van der Waals surface area contributed by atoms with Crippen LogP contribution in [0.1, 0.15) is 38.5 Å². The molecule has 0 saturated heterocycles. The summed E-state index contributed by atoms with van der Waals surface area (Å²) in [5.74, 6) is 1.72. The highest BCUT2D eigenvalue weighted by Crippen LogP contribution is 2.58. The van der Waals surface area contributed by atoms with Crippen molar-refractivity contribution in [2.45, 2.75) is 43.3 Å². The minimum atomic E-state index is -3.82. The number of hydrogen-bond acceptors (Lipinski definition) is 2. The summed E-state index contributed by atoms with van der Waals surface area (Å²) in [6.45, 7) is 0. The summed E-state index contributed by atoms with van der Waals surface area (Å²) in [6, 6.07) is 0. The second-order valence-electron chi connectivity index (χ2n) is 5.58. The van der Waals surface area contributed by atoms with Crippen LogP contribution in [0.5, 0.6) is 0 Å². The summed E-state index contributed by atoms with van der Waals surface area (Å²) in [7, 11) is -3.82. The summed E-state index contributed by atoms with van der Waals surface area (Å²) in [5.41, 5.74) is 0. The van der Waals surface area contributed by atoms with E-state index in [1.807, 2.05) is 0 Å². The Labute approximate surface area is 90.1 Å². The van der Waals surface area contributed by atoms with Crippen LogP contribution in [-0.2, 0) is 10.1 Å². The van der Waals surface area contributed by atoms with Gasteiger partial charge in [0.15, 0.2) is 0 Å². The second-order valence-corrected chi connectivity index (χ2v) is 7.39. The molecular formula is C10H18O4S. The van der Waals surface area contributed by atoms with Crippen LogP contribution in [0.25, 0.3) is 0 Å². The van der Waals surface area contributed by atoms with Gasteiger partial charge in [-0.2, -0.15) is 8.42 Å². The maximum absolute atomic E-state index is 11.4. The Morgan fingerprint density at radius 3 is 1.53 bits per heavy atom. The molecule has 4 fully saturated rings. The average molecular weight is 234 g/mol. The van der Waals surface area contributed by atoms with Crippen LogP contribution >= 0.6 is 0 Å². The van der Waals surface area contributed by atoms with Gasteiger partial charge in [0, 0.05) is 0 Å². The van der Waals surface area contributed by atoms with E-state index in [-0.39, 0.29) is 5.48 Å². The van der Waals surface area contributed by atoms with Crippen molar-refractivity contribution in [3.8, 4) is 0 Å². The Morgan fingerprint density at radius 2 is 1.27 bits per heavy atom. The predicted octanol–water partition coefficient (Wildman–Crippen LogP) is 1.02. The molecule has 0 radical (unpaired) electrons. The lowest BCUT2D eigenvalue weighted by molar-refractivity contribution is 0.0303. The fourth-order valence-electron chi connectivity index (χ4n) is 4.35. The molecule has 4 aliphatic carbocycles. The Balaban J connectivity index is 0.000000853. The average Bonchev–Trinajstić information content (AvgIpc) is 1.98. The van der Waals surface area contributed by atoms with Crippen LogP contribution in [-0.4, -0.2) is 23.2 Å². The molecule has 88 valence electrons. The minimum absolute atomic E-state index is 0. The van der Waals surface area contributed by atoms with Crippen molar-refractivity contribution in [3.63, 3.8) is 0 Å². The standard InChI is InChI=1S/C10H16O3S.H2O/c11-14(12,13)10-4-7-1-8(5-10)3-9(2-7)6-10;/h7-9H,1-6H2,(H,11,12,13);1H2. The highest BCUT2D eigenvalue weighted by atomic mass is 32.2. The number of rotatable bonds is 1. The monoisotopic (exact) mass is 234 g/mol. The first kappa shape index (κ1) is 11.4. The van der Waals surface area contributed by atoms with Gasteiger partial charge in [-0.15, -0.1) is 0 Å². The Morgan fingerprint density at radius 1 is 0.933 bits per heavy atom. The van der Waals surface area contributed by atoms with Gasteiger partial charge in [-0.25, -0.2) is 0 Å². The van der Waals surface area contributed by atoms with Gasteiger partial charge in [0.2, 0.25) is 0 Å². The van der Waals surface area contributed by atoms with Gasteiger partial charge in [-0.05, 0) is 56.3 Å². The molecule has 0 atom stereocenters. The van der Waals surface area contributed by atoms with E-state index in [1.54, 1.807) is 0 Å². The lowest BCUT2D eigenvalue weighted by atomic mass is 9.56. The molecule has 0 aromatic rings. The van der Waals surface area contributed by atoms with Crippen LogP contribution < -0.4 is 0 Å². The van der Waals surface area contributed by atoms with Crippen LogP contribution in [0.4, 0.5) is 0 Å². The maximum atomic E-state index is 11.4. The molecule has 4 nitrogen and oxygen atoms in total. The highest BCUT2D eigenvalue weighted by Gasteiger charge is 2.57. The topological polar surface area (TPSA) is 85.9 Å². The zero-order valence-electron chi connectivity index (χ0n) is 8.65. The van der Waals surface area contributed by atoms with Crippen LogP contribution in [0.15, 0.2) is 0 Å². The smallest absolute Gasteiger partial charge is 0.270 e. The lowest BCUT2D eigenvalue weighted by Crippen LogP contribution is -2.54. The molecule has 4 rings (SSSR count). The van der Waals surface area contributed by atoms with Crippen molar-refractivity contribution in [1.29, 1.82) is 0 Å². The molecule has 0 aromatic heterocycles. The quantitative estimate of drug-likeness (QED) is 0.687. The van der Waals surface area contributed by atoms with E-state index >= 15 is 0 Å². The molecule has 4 bridgehead atoms. The van der Waals surface area contributed by atoms with Gasteiger partial charge in [-0.3, -0.25) is 4.55 Å². The third kappa shape index (κ3) is 1.52. The summed E-state index contributed by atoms with van der Waals surface area (Å²) in [4.78, 5) is 0. The summed E-state index contributed by atoms with van der Waals surface area (Å²) < 4.78 is 31.5. The number of hydrogen-bond donors (Lipinski definition) is 1. The molecule has 3 N–H and O–H groups in total. The Bertz CT molecular complexity index is 324. The molecule has 0 aromatic carbocycles. The first-order valence-corrected chi connectivity index (χ1v) is 6.89. The van der Waals surface area contributed by atoms with Gasteiger partial charge >= 0.3 is 0 Å². The minimum Gasteiger partial charge on any atom is -0.412 e. The largest absolute Gasteiger partial charge is 0.412 e. The predicted molar refractivity (Wildman–Crippen MR) is 56.1 cm³/mol. The van der Waals surface area contributed by atoms with Crippen molar-refractivity contribution in [3.05, 3.63) is 0 Å². The first-order chi connectivity index (χ1) is 6.48. The van der Waals surface area contributed by atoms with E-state index in [4.69, 9.17) is 0 Å².